The highest BCUT2D eigenvalue weighted by Crippen LogP contribution is 2.31. The van der Waals surface area contributed by atoms with Crippen molar-refractivity contribution >= 4 is 33.5 Å². The van der Waals surface area contributed by atoms with Crippen LogP contribution in [0.2, 0.25) is 5.02 Å². The van der Waals surface area contributed by atoms with Gasteiger partial charge in [0, 0.05) is 17.8 Å². The van der Waals surface area contributed by atoms with Crippen LogP contribution in [-0.4, -0.2) is 24.5 Å². The lowest BCUT2D eigenvalue weighted by atomic mass is 10.2. The van der Waals surface area contributed by atoms with E-state index in [1.165, 1.54) is 7.11 Å². The van der Waals surface area contributed by atoms with Crippen molar-refractivity contribution in [2.45, 2.75) is 19.1 Å². The lowest BCUT2D eigenvalue weighted by molar-refractivity contribution is -0.148. The van der Waals surface area contributed by atoms with Crippen molar-refractivity contribution in [3.63, 3.8) is 0 Å². The van der Waals surface area contributed by atoms with Crippen LogP contribution in [0.3, 0.4) is 0 Å². The lowest BCUT2D eigenvalue weighted by Crippen LogP contribution is -2.29. The second-order valence-corrected chi connectivity index (χ2v) is 6.17. The zero-order valence-electron chi connectivity index (χ0n) is 13.2. The molecule has 0 saturated carbocycles. The Hall–Kier alpha value is -1.72. The first-order valence-corrected chi connectivity index (χ1v) is 8.90. The minimum Gasteiger partial charge on any atom is -0.489 e. The number of hydrogen-bond acceptors (Lipinski definition) is 4. The molecule has 1 atom stereocenters. The molecule has 0 saturated heterocycles. The predicted molar refractivity (Wildman–Crippen MR) is 97.1 cm³/mol. The highest BCUT2D eigenvalue weighted by atomic mass is 79.9. The van der Waals surface area contributed by atoms with Gasteiger partial charge in [0.2, 0.25) is 0 Å². The molecule has 0 radical (unpaired) electrons. The van der Waals surface area contributed by atoms with E-state index in [2.05, 4.69) is 15.9 Å². The standard InChI is InChI=1S/C18H18BrClO4/c1-22-18(21)16(9-10-19)24-17-11-14(7-8-15(17)20)23-12-13-5-3-2-4-6-13/h2-8,11,16H,9-10,12H2,1H3. The Morgan fingerprint density at radius 2 is 1.96 bits per heavy atom. The van der Waals surface area contributed by atoms with E-state index in [-0.39, 0.29) is 0 Å². The molecule has 0 aliphatic carbocycles. The molecule has 2 aromatic carbocycles. The summed E-state index contributed by atoms with van der Waals surface area (Å²) in [7, 11) is 1.33. The fourth-order valence-corrected chi connectivity index (χ4v) is 2.59. The fourth-order valence-electron chi connectivity index (χ4n) is 2.01. The van der Waals surface area contributed by atoms with Crippen LogP contribution in [-0.2, 0) is 16.1 Å². The molecule has 0 aliphatic heterocycles. The minimum absolute atomic E-state index is 0.388. The summed E-state index contributed by atoms with van der Waals surface area (Å²) < 4.78 is 16.2. The highest BCUT2D eigenvalue weighted by Gasteiger charge is 2.21. The summed E-state index contributed by atoms with van der Waals surface area (Å²) in [6.45, 7) is 0.434. The number of rotatable bonds is 8. The normalized spacial score (nSPS) is 11.6. The van der Waals surface area contributed by atoms with Gasteiger partial charge in [-0.05, 0) is 17.7 Å². The number of alkyl halides is 1. The summed E-state index contributed by atoms with van der Waals surface area (Å²) in [6, 6.07) is 14.9. The smallest absolute Gasteiger partial charge is 0.347 e. The summed E-state index contributed by atoms with van der Waals surface area (Å²) in [5.74, 6) is 0.556. The van der Waals surface area contributed by atoms with Crippen LogP contribution in [0.5, 0.6) is 11.5 Å². The van der Waals surface area contributed by atoms with Gasteiger partial charge in [-0.3, -0.25) is 0 Å². The maximum atomic E-state index is 11.8. The van der Waals surface area contributed by atoms with Crippen molar-refractivity contribution in [2.75, 3.05) is 12.4 Å². The monoisotopic (exact) mass is 412 g/mol. The topological polar surface area (TPSA) is 44.8 Å². The number of ether oxygens (including phenoxy) is 3. The number of esters is 1. The molecular formula is C18H18BrClO4. The molecular weight excluding hydrogens is 396 g/mol. The van der Waals surface area contributed by atoms with Crippen molar-refractivity contribution < 1.29 is 19.0 Å². The van der Waals surface area contributed by atoms with Gasteiger partial charge in [-0.2, -0.15) is 0 Å². The maximum Gasteiger partial charge on any atom is 0.347 e. The molecule has 2 aromatic rings. The third-order valence-corrected chi connectivity index (χ3v) is 4.03. The third-order valence-electron chi connectivity index (χ3n) is 3.26. The minimum atomic E-state index is -0.726. The number of methoxy groups -OCH3 is 1. The SMILES string of the molecule is COC(=O)C(CCBr)Oc1cc(OCc2ccccc2)ccc1Cl. The molecule has 0 spiro atoms. The number of halogens is 2. The maximum absolute atomic E-state index is 11.8. The van der Waals surface area contributed by atoms with Gasteiger partial charge >= 0.3 is 5.97 Å². The van der Waals surface area contributed by atoms with Crippen LogP contribution < -0.4 is 9.47 Å². The van der Waals surface area contributed by atoms with Gasteiger partial charge in [0.05, 0.1) is 12.1 Å². The van der Waals surface area contributed by atoms with E-state index >= 15 is 0 Å². The first-order chi connectivity index (χ1) is 11.6. The van der Waals surface area contributed by atoms with E-state index < -0.39 is 12.1 Å². The van der Waals surface area contributed by atoms with Gasteiger partial charge in [0.15, 0.2) is 6.10 Å². The third kappa shape index (κ3) is 5.42. The number of carbonyl (C=O) groups excluding carboxylic acids is 1. The van der Waals surface area contributed by atoms with Gasteiger partial charge in [0.25, 0.3) is 0 Å². The van der Waals surface area contributed by atoms with Gasteiger partial charge in [-0.15, -0.1) is 0 Å². The van der Waals surface area contributed by atoms with E-state index in [4.69, 9.17) is 25.8 Å². The second kappa shape index (κ2) is 9.55. The molecule has 0 N–H and O–H groups in total. The molecule has 0 aliphatic rings. The van der Waals surface area contributed by atoms with E-state index in [1.807, 2.05) is 30.3 Å². The zero-order chi connectivity index (χ0) is 17.4. The van der Waals surface area contributed by atoms with Crippen LogP contribution in [0.15, 0.2) is 48.5 Å². The Morgan fingerprint density at radius 3 is 2.62 bits per heavy atom. The van der Waals surface area contributed by atoms with Gasteiger partial charge < -0.3 is 14.2 Å². The Labute approximate surface area is 154 Å². The van der Waals surface area contributed by atoms with Crippen molar-refractivity contribution in [1.29, 1.82) is 0 Å². The molecule has 0 fully saturated rings. The van der Waals surface area contributed by atoms with E-state index in [0.29, 0.717) is 34.9 Å². The van der Waals surface area contributed by atoms with Crippen molar-refractivity contribution in [3.05, 3.63) is 59.1 Å². The van der Waals surface area contributed by atoms with Crippen LogP contribution in [0.1, 0.15) is 12.0 Å². The number of benzene rings is 2. The average Bonchev–Trinajstić information content (AvgIpc) is 2.62. The molecule has 0 heterocycles. The van der Waals surface area contributed by atoms with E-state index in [1.54, 1.807) is 18.2 Å². The molecule has 0 aromatic heterocycles. The summed E-state index contributed by atoms with van der Waals surface area (Å²) >= 11 is 9.46. The van der Waals surface area contributed by atoms with Gasteiger partial charge in [-0.25, -0.2) is 4.79 Å². The lowest BCUT2D eigenvalue weighted by Gasteiger charge is -2.17. The van der Waals surface area contributed by atoms with Crippen LogP contribution in [0, 0.1) is 0 Å². The largest absolute Gasteiger partial charge is 0.489 e. The van der Waals surface area contributed by atoms with Gasteiger partial charge in [0.1, 0.15) is 18.1 Å². The summed E-state index contributed by atoms with van der Waals surface area (Å²) in [6.07, 6.45) is -0.255. The summed E-state index contributed by atoms with van der Waals surface area (Å²) in [4.78, 5) is 11.8. The van der Waals surface area contributed by atoms with E-state index in [9.17, 15) is 4.79 Å². The Kier molecular flexibility index (Phi) is 7.40. The second-order valence-electron chi connectivity index (χ2n) is 4.97. The van der Waals surface area contributed by atoms with Crippen molar-refractivity contribution in [2.24, 2.45) is 0 Å². The van der Waals surface area contributed by atoms with Crippen molar-refractivity contribution in [1.82, 2.24) is 0 Å². The van der Waals surface area contributed by atoms with E-state index in [0.717, 1.165) is 5.56 Å². The first-order valence-electron chi connectivity index (χ1n) is 7.40. The highest BCUT2D eigenvalue weighted by molar-refractivity contribution is 9.09. The molecule has 0 bridgehead atoms. The molecule has 128 valence electrons. The summed E-state index contributed by atoms with van der Waals surface area (Å²) in [5.41, 5.74) is 1.06. The van der Waals surface area contributed by atoms with Crippen LogP contribution >= 0.6 is 27.5 Å². The molecule has 4 nitrogen and oxygen atoms in total. The van der Waals surface area contributed by atoms with Crippen molar-refractivity contribution in [3.8, 4) is 11.5 Å². The van der Waals surface area contributed by atoms with Gasteiger partial charge in [-0.1, -0.05) is 57.9 Å². The Balaban J connectivity index is 2.08. The Bertz CT molecular complexity index is 663. The fraction of sp³-hybridized carbons (Fsp3) is 0.278. The number of carbonyl (C=O) groups is 1. The molecule has 0 amide bonds. The van der Waals surface area contributed by atoms with Crippen LogP contribution in [0.4, 0.5) is 0 Å². The first kappa shape index (κ1) is 18.6. The average molecular weight is 414 g/mol. The Morgan fingerprint density at radius 1 is 1.21 bits per heavy atom. The molecule has 24 heavy (non-hydrogen) atoms. The van der Waals surface area contributed by atoms with Crippen LogP contribution in [0.25, 0.3) is 0 Å². The molecule has 1 unspecified atom stereocenters. The quantitative estimate of drug-likeness (QED) is 0.468. The molecule has 2 rings (SSSR count). The predicted octanol–water partition coefficient (Wildman–Crippen LogP) is 4.62. The molecule has 6 heteroatoms. The number of hydrogen-bond donors (Lipinski definition) is 0. The summed E-state index contributed by atoms with van der Waals surface area (Å²) in [5, 5.41) is 1.01. The zero-order valence-corrected chi connectivity index (χ0v) is 15.5.